The van der Waals surface area contributed by atoms with Gasteiger partial charge in [0.15, 0.2) is 0 Å². The van der Waals surface area contributed by atoms with Crippen molar-refractivity contribution < 1.29 is 0 Å². The van der Waals surface area contributed by atoms with Gasteiger partial charge in [0.1, 0.15) is 0 Å². The Balaban J connectivity index is -0.000000192. The maximum absolute atomic E-state index is 2.31. The molecule has 0 N–H and O–H groups in total. The molecule has 57 heavy (non-hydrogen) atoms. The van der Waals surface area contributed by atoms with Crippen LogP contribution in [0.3, 0.4) is 0 Å². The van der Waals surface area contributed by atoms with E-state index in [0.717, 1.165) is 59.2 Å². The molecule has 0 bridgehead atoms. The Kier molecular flexibility index (Phi) is 51.3. The van der Waals surface area contributed by atoms with Gasteiger partial charge in [-0.15, -0.1) is 0 Å². The molecule has 0 fully saturated rings. The SMILES string of the molecule is CC(C)CC(C)C.CC(C)CCC(C)C.CC(C)CCCC(C)C.CC(C)CCCCC(C)C.CC(C)CCCCCC(C)C.CC(C)c1ccccc1C(C)C. The number of benzene rings is 1. The summed E-state index contributed by atoms with van der Waals surface area (Å²) in [6, 6.07) is 8.72. The Labute approximate surface area is 367 Å². The maximum Gasteiger partial charge on any atom is -0.0216 e. The Morgan fingerprint density at radius 3 is 0.632 bits per heavy atom. The first-order valence-electron chi connectivity index (χ1n) is 25.3. The van der Waals surface area contributed by atoms with Crippen LogP contribution in [0.15, 0.2) is 24.3 Å². The third kappa shape index (κ3) is 67.3. The zero-order valence-electron chi connectivity index (χ0n) is 44.8. The molecule has 0 unspecified atom stereocenters. The fraction of sp³-hybridized carbons (Fsp3) is 0.895. The lowest BCUT2D eigenvalue weighted by atomic mass is 9.91. The van der Waals surface area contributed by atoms with E-state index in [1.54, 1.807) is 0 Å². The zero-order chi connectivity index (χ0) is 45.5. The average molecular weight is 804 g/mol. The Morgan fingerprint density at radius 1 is 0.246 bits per heavy atom. The van der Waals surface area contributed by atoms with Gasteiger partial charge in [-0.2, -0.15) is 0 Å². The van der Waals surface area contributed by atoms with Gasteiger partial charge < -0.3 is 0 Å². The summed E-state index contributed by atoms with van der Waals surface area (Å²) in [5, 5.41) is 0. The van der Waals surface area contributed by atoms with E-state index in [9.17, 15) is 0 Å². The predicted octanol–water partition coefficient (Wildman–Crippen LogP) is 21.3. The summed E-state index contributed by atoms with van der Waals surface area (Å²) in [5.41, 5.74) is 2.99. The molecule has 0 aliphatic heterocycles. The van der Waals surface area contributed by atoms with Crippen LogP contribution in [0.1, 0.15) is 285 Å². The van der Waals surface area contributed by atoms with Crippen molar-refractivity contribution in [2.24, 2.45) is 59.2 Å². The average Bonchev–Trinajstić information content (AvgIpc) is 3.05. The lowest BCUT2D eigenvalue weighted by Gasteiger charge is -2.14. The van der Waals surface area contributed by atoms with Crippen LogP contribution in [0.25, 0.3) is 0 Å². The van der Waals surface area contributed by atoms with E-state index in [4.69, 9.17) is 0 Å². The van der Waals surface area contributed by atoms with Crippen molar-refractivity contribution in [2.75, 3.05) is 0 Å². The standard InChI is InChI=1S/C12H18.C11H24.C10H22.C9H20.C8H18.C7H16/c1-9(2)11-7-5-6-8-12(11)10(3)4;1-10(2)8-6-5-7-9-11(3)4;1-9(2)7-5-6-8-10(3)4;1-8(2)6-5-7-9(3)4;1-7(2)5-6-8(3)4;1-6(2)5-7(3)4/h5-10H,1-4H3;10-11H,5-9H2,1-4H3;9-10H,5-8H2,1-4H3;8-9H,5-7H2,1-4H3;7-8H,5-6H2,1-4H3;6-7H,5H2,1-4H3. The van der Waals surface area contributed by atoms with Crippen LogP contribution in [-0.2, 0) is 0 Å². The van der Waals surface area contributed by atoms with Crippen LogP contribution >= 0.6 is 0 Å². The molecule has 0 aromatic heterocycles. The highest BCUT2D eigenvalue weighted by Crippen LogP contribution is 2.25. The van der Waals surface area contributed by atoms with Crippen molar-refractivity contribution in [3.63, 3.8) is 0 Å². The molecule has 0 saturated carbocycles. The minimum atomic E-state index is 0.642. The first-order chi connectivity index (χ1) is 26.3. The smallest absolute Gasteiger partial charge is 0.0216 e. The van der Waals surface area contributed by atoms with Gasteiger partial charge >= 0.3 is 0 Å². The molecule has 0 radical (unpaired) electrons. The van der Waals surface area contributed by atoms with Crippen LogP contribution in [0.4, 0.5) is 0 Å². The number of unbranched alkanes of at least 4 members (excludes halogenated alkanes) is 3. The van der Waals surface area contributed by atoms with E-state index in [1.807, 2.05) is 0 Å². The normalized spacial score (nSPS) is 11.3. The van der Waals surface area contributed by atoms with Crippen LogP contribution in [0.5, 0.6) is 0 Å². The van der Waals surface area contributed by atoms with Crippen LogP contribution in [0, 0.1) is 59.2 Å². The predicted molar refractivity (Wildman–Crippen MR) is 272 cm³/mol. The molecule has 0 atom stereocenters. The quantitative estimate of drug-likeness (QED) is 0.102. The minimum Gasteiger partial charge on any atom is -0.0628 e. The van der Waals surface area contributed by atoms with Crippen molar-refractivity contribution in [1.29, 1.82) is 0 Å². The van der Waals surface area contributed by atoms with Crippen LogP contribution < -0.4 is 0 Å². The summed E-state index contributed by atoms with van der Waals surface area (Å²) in [6.45, 7) is 54.8. The van der Waals surface area contributed by atoms with E-state index in [0.29, 0.717) is 11.8 Å². The largest absolute Gasteiger partial charge is 0.0628 e. The zero-order valence-corrected chi connectivity index (χ0v) is 44.8. The lowest BCUT2D eigenvalue weighted by Crippen LogP contribution is -1.97. The molecule has 0 saturated heterocycles. The van der Waals surface area contributed by atoms with Gasteiger partial charge in [0.05, 0.1) is 0 Å². The molecule has 346 valence electrons. The monoisotopic (exact) mass is 803 g/mol. The molecule has 0 aliphatic carbocycles. The topological polar surface area (TPSA) is 0 Å². The van der Waals surface area contributed by atoms with Gasteiger partial charge in [0.25, 0.3) is 0 Å². The van der Waals surface area contributed by atoms with E-state index >= 15 is 0 Å². The highest BCUT2D eigenvalue weighted by Gasteiger charge is 2.07. The van der Waals surface area contributed by atoms with Gasteiger partial charge in [-0.1, -0.05) is 280 Å². The number of rotatable bonds is 22. The third-order valence-corrected chi connectivity index (χ3v) is 9.94. The van der Waals surface area contributed by atoms with Crippen molar-refractivity contribution in [2.45, 2.75) is 274 Å². The molecular formula is C57H118. The van der Waals surface area contributed by atoms with E-state index in [2.05, 4.69) is 190 Å². The minimum absolute atomic E-state index is 0.642. The van der Waals surface area contributed by atoms with E-state index in [1.165, 1.54) is 107 Å². The number of hydrogen-bond acceptors (Lipinski definition) is 0. The molecular weight excluding hydrogens is 685 g/mol. The molecule has 0 heterocycles. The van der Waals surface area contributed by atoms with Crippen molar-refractivity contribution in [3.8, 4) is 0 Å². The summed E-state index contributed by atoms with van der Waals surface area (Å²) < 4.78 is 0. The maximum atomic E-state index is 2.31. The molecule has 1 rings (SSSR count). The first kappa shape index (κ1) is 65.3. The third-order valence-electron chi connectivity index (χ3n) is 9.94. The lowest BCUT2D eigenvalue weighted by molar-refractivity contribution is 0.469. The molecule has 0 heteroatoms. The molecule has 0 spiro atoms. The Morgan fingerprint density at radius 2 is 0.456 bits per heavy atom. The van der Waals surface area contributed by atoms with Crippen molar-refractivity contribution in [3.05, 3.63) is 35.4 Å². The second kappa shape index (κ2) is 44.8. The second-order valence-corrected chi connectivity index (χ2v) is 22.5. The molecule has 0 aliphatic rings. The van der Waals surface area contributed by atoms with Gasteiger partial charge in [0, 0.05) is 0 Å². The van der Waals surface area contributed by atoms with Crippen LogP contribution in [-0.4, -0.2) is 0 Å². The second-order valence-electron chi connectivity index (χ2n) is 22.5. The first-order valence-corrected chi connectivity index (χ1v) is 25.3. The summed E-state index contributed by atoms with van der Waals surface area (Å²) in [4.78, 5) is 0. The summed E-state index contributed by atoms with van der Waals surface area (Å²) in [5.74, 6) is 10.2. The summed E-state index contributed by atoms with van der Waals surface area (Å²) in [6.07, 6.45) is 21.2. The molecule has 1 aromatic carbocycles. The van der Waals surface area contributed by atoms with Crippen LogP contribution in [0.2, 0.25) is 0 Å². The fourth-order valence-electron chi connectivity index (χ4n) is 6.49. The summed E-state index contributed by atoms with van der Waals surface area (Å²) in [7, 11) is 0. The Bertz CT molecular complexity index is 791. The van der Waals surface area contributed by atoms with E-state index in [-0.39, 0.29) is 0 Å². The van der Waals surface area contributed by atoms with Gasteiger partial charge in [-0.25, -0.2) is 0 Å². The summed E-state index contributed by atoms with van der Waals surface area (Å²) >= 11 is 0. The van der Waals surface area contributed by atoms with E-state index < -0.39 is 0 Å². The number of hydrogen-bond donors (Lipinski definition) is 0. The molecule has 0 amide bonds. The highest BCUT2D eigenvalue weighted by molar-refractivity contribution is 5.31. The fourth-order valence-corrected chi connectivity index (χ4v) is 6.49. The van der Waals surface area contributed by atoms with Gasteiger partial charge in [-0.3, -0.25) is 0 Å². The van der Waals surface area contributed by atoms with Gasteiger partial charge in [0.2, 0.25) is 0 Å². The van der Waals surface area contributed by atoms with Gasteiger partial charge in [-0.05, 0) is 88.6 Å². The highest BCUT2D eigenvalue weighted by atomic mass is 14.1. The molecule has 0 nitrogen and oxygen atoms in total. The Hall–Kier alpha value is -0.780. The molecule has 1 aromatic rings. The van der Waals surface area contributed by atoms with Crippen molar-refractivity contribution >= 4 is 0 Å². The van der Waals surface area contributed by atoms with Crippen molar-refractivity contribution in [1.82, 2.24) is 0 Å².